The van der Waals surface area contributed by atoms with Crippen LogP contribution in [0.4, 0.5) is 0 Å². The van der Waals surface area contributed by atoms with Crippen molar-refractivity contribution in [1.82, 2.24) is 4.90 Å². The molecule has 1 saturated heterocycles. The third kappa shape index (κ3) is 2.49. The number of rotatable bonds is 2. The zero-order chi connectivity index (χ0) is 8.97. The minimum absolute atomic E-state index is 0.638. The van der Waals surface area contributed by atoms with Crippen molar-refractivity contribution in [2.24, 2.45) is 5.92 Å². The summed E-state index contributed by atoms with van der Waals surface area (Å²) >= 11 is 0. The van der Waals surface area contributed by atoms with Gasteiger partial charge in [0.25, 0.3) is 0 Å². The summed E-state index contributed by atoms with van der Waals surface area (Å²) in [6, 6.07) is 0.651. The maximum Gasteiger partial charge on any atom is 0.218 e. The van der Waals surface area contributed by atoms with Gasteiger partial charge in [-0.1, -0.05) is 0 Å². The average molecular weight is 166 g/mol. The summed E-state index contributed by atoms with van der Waals surface area (Å²) in [4.78, 5) is 5.96. The smallest absolute Gasteiger partial charge is 0.218 e. The van der Waals surface area contributed by atoms with Crippen LogP contribution in [0.15, 0.2) is 0 Å². The van der Waals surface area contributed by atoms with Crippen molar-refractivity contribution in [2.45, 2.75) is 32.7 Å². The highest BCUT2D eigenvalue weighted by Gasteiger charge is 2.22. The van der Waals surface area contributed by atoms with Gasteiger partial charge in [0.15, 0.2) is 0 Å². The van der Waals surface area contributed by atoms with Crippen LogP contribution < -0.4 is 0 Å². The Morgan fingerprint density at radius 2 is 2.33 bits per heavy atom. The van der Waals surface area contributed by atoms with Gasteiger partial charge >= 0.3 is 0 Å². The summed E-state index contributed by atoms with van der Waals surface area (Å²) < 4.78 is 0. The predicted octanol–water partition coefficient (Wildman–Crippen LogP) is 2.03. The number of nitrogens with zero attached hydrogens (tertiary/aromatic N) is 2. The van der Waals surface area contributed by atoms with Gasteiger partial charge in [-0.05, 0) is 33.2 Å². The lowest BCUT2D eigenvalue weighted by molar-refractivity contribution is 0.146. The summed E-state index contributed by atoms with van der Waals surface area (Å²) in [5.41, 5.74) is 0. The number of likely N-dealkylation sites (tertiary alicyclic amines) is 1. The molecule has 0 aromatic rings. The topological polar surface area (TPSA) is 7.60 Å². The molecule has 1 rings (SSSR count). The molecule has 68 valence electrons. The lowest BCUT2D eigenvalue weighted by atomic mass is 9.97. The van der Waals surface area contributed by atoms with Crippen molar-refractivity contribution in [3.05, 3.63) is 11.4 Å². The van der Waals surface area contributed by atoms with Crippen LogP contribution in [0.1, 0.15) is 26.7 Å². The molecule has 0 aromatic heterocycles. The molecule has 0 aliphatic carbocycles. The Balaban J connectivity index is 2.36. The second kappa shape index (κ2) is 4.47. The molecular weight excluding hydrogens is 148 g/mol. The van der Waals surface area contributed by atoms with Crippen LogP contribution >= 0.6 is 0 Å². The first-order chi connectivity index (χ1) is 5.74. The van der Waals surface area contributed by atoms with Crippen molar-refractivity contribution in [2.75, 3.05) is 19.6 Å². The standard InChI is InChI=1S/C10H18N2/c1-9(2)12-6-4-5-10(8-12)7-11-3/h9-10H,4-8H2,1-2H3. The molecule has 0 bridgehead atoms. The van der Waals surface area contributed by atoms with E-state index in [-0.39, 0.29) is 0 Å². The van der Waals surface area contributed by atoms with Crippen molar-refractivity contribution in [1.29, 1.82) is 0 Å². The first kappa shape index (κ1) is 9.54. The molecule has 1 aliphatic rings. The van der Waals surface area contributed by atoms with E-state index in [1.54, 1.807) is 0 Å². The van der Waals surface area contributed by atoms with E-state index in [0.29, 0.717) is 12.0 Å². The summed E-state index contributed by atoms with van der Waals surface area (Å²) in [6.07, 6.45) is 2.53. The monoisotopic (exact) mass is 166 g/mol. The molecule has 2 nitrogen and oxygen atoms in total. The minimum Gasteiger partial charge on any atom is -0.317 e. The third-order valence-corrected chi connectivity index (χ3v) is 2.63. The molecule has 1 aliphatic heterocycles. The van der Waals surface area contributed by atoms with Crippen LogP contribution in [0.5, 0.6) is 0 Å². The SMILES string of the molecule is [C-]#[N+]CC1CCCN(C(C)C)C1. The highest BCUT2D eigenvalue weighted by atomic mass is 15.2. The molecule has 0 aromatic carbocycles. The Labute approximate surface area is 75.4 Å². The lowest BCUT2D eigenvalue weighted by Crippen LogP contribution is -2.40. The van der Waals surface area contributed by atoms with Crippen molar-refractivity contribution in [3.63, 3.8) is 0 Å². The second-order valence-electron chi connectivity index (χ2n) is 3.94. The fourth-order valence-electron chi connectivity index (χ4n) is 1.84. The predicted molar refractivity (Wildman–Crippen MR) is 50.9 cm³/mol. The molecule has 2 heteroatoms. The number of piperidine rings is 1. The van der Waals surface area contributed by atoms with Gasteiger partial charge in [-0.25, -0.2) is 6.57 Å². The van der Waals surface area contributed by atoms with Gasteiger partial charge in [0.2, 0.25) is 6.54 Å². The van der Waals surface area contributed by atoms with E-state index < -0.39 is 0 Å². The largest absolute Gasteiger partial charge is 0.317 e. The van der Waals surface area contributed by atoms with Crippen LogP contribution in [0, 0.1) is 12.5 Å². The van der Waals surface area contributed by atoms with E-state index >= 15 is 0 Å². The van der Waals surface area contributed by atoms with E-state index in [1.165, 1.54) is 19.4 Å². The molecule has 1 fully saturated rings. The van der Waals surface area contributed by atoms with Gasteiger partial charge in [-0.15, -0.1) is 0 Å². The van der Waals surface area contributed by atoms with Gasteiger partial charge in [0, 0.05) is 18.5 Å². The molecule has 12 heavy (non-hydrogen) atoms. The van der Waals surface area contributed by atoms with Gasteiger partial charge in [-0.3, -0.25) is 0 Å². The Morgan fingerprint density at radius 3 is 2.92 bits per heavy atom. The molecule has 0 spiro atoms. The highest BCUT2D eigenvalue weighted by molar-refractivity contribution is 4.79. The average Bonchev–Trinajstić information content (AvgIpc) is 2.05. The lowest BCUT2D eigenvalue weighted by Gasteiger charge is -2.33. The van der Waals surface area contributed by atoms with Gasteiger partial charge < -0.3 is 9.74 Å². The summed E-state index contributed by atoms with van der Waals surface area (Å²) in [7, 11) is 0. The number of hydrogen-bond donors (Lipinski definition) is 0. The summed E-state index contributed by atoms with van der Waals surface area (Å²) in [6.45, 7) is 14.4. The Kier molecular flexibility index (Phi) is 3.55. The van der Waals surface area contributed by atoms with Gasteiger partial charge in [0.05, 0.1) is 0 Å². The number of hydrogen-bond acceptors (Lipinski definition) is 1. The van der Waals surface area contributed by atoms with Gasteiger partial charge in [0.1, 0.15) is 0 Å². The van der Waals surface area contributed by atoms with E-state index in [4.69, 9.17) is 6.57 Å². The second-order valence-corrected chi connectivity index (χ2v) is 3.94. The van der Waals surface area contributed by atoms with E-state index in [0.717, 1.165) is 13.1 Å². The normalized spacial score (nSPS) is 25.7. The molecular formula is C10H18N2. The maximum absolute atomic E-state index is 6.82. The van der Waals surface area contributed by atoms with Gasteiger partial charge in [-0.2, -0.15) is 0 Å². The molecule has 0 N–H and O–H groups in total. The maximum atomic E-state index is 6.82. The van der Waals surface area contributed by atoms with Crippen LogP contribution in [0.3, 0.4) is 0 Å². The van der Waals surface area contributed by atoms with Crippen molar-refractivity contribution in [3.8, 4) is 0 Å². The highest BCUT2D eigenvalue weighted by Crippen LogP contribution is 2.18. The molecule has 1 atom stereocenters. The van der Waals surface area contributed by atoms with E-state index in [9.17, 15) is 0 Å². The summed E-state index contributed by atoms with van der Waals surface area (Å²) in [5, 5.41) is 0. The molecule has 0 amide bonds. The fraction of sp³-hybridized carbons (Fsp3) is 0.900. The molecule has 1 heterocycles. The third-order valence-electron chi connectivity index (χ3n) is 2.63. The quantitative estimate of drug-likeness (QED) is 0.569. The van der Waals surface area contributed by atoms with E-state index in [1.807, 2.05) is 0 Å². The Bertz CT molecular complexity index is 169. The fourth-order valence-corrected chi connectivity index (χ4v) is 1.84. The Hall–Kier alpha value is -0.550. The molecule has 1 unspecified atom stereocenters. The van der Waals surface area contributed by atoms with Crippen LogP contribution in [0.25, 0.3) is 4.85 Å². The zero-order valence-corrected chi connectivity index (χ0v) is 8.08. The minimum atomic E-state index is 0.638. The van der Waals surface area contributed by atoms with E-state index in [2.05, 4.69) is 23.6 Å². The van der Waals surface area contributed by atoms with Crippen LogP contribution in [-0.2, 0) is 0 Å². The molecule has 0 saturated carbocycles. The van der Waals surface area contributed by atoms with Crippen LogP contribution in [-0.4, -0.2) is 30.6 Å². The first-order valence-electron chi connectivity index (χ1n) is 4.81. The van der Waals surface area contributed by atoms with Crippen molar-refractivity contribution < 1.29 is 0 Å². The first-order valence-corrected chi connectivity index (χ1v) is 4.81. The van der Waals surface area contributed by atoms with Crippen LogP contribution in [0.2, 0.25) is 0 Å². The Morgan fingerprint density at radius 1 is 1.58 bits per heavy atom. The van der Waals surface area contributed by atoms with Crippen molar-refractivity contribution >= 4 is 0 Å². The molecule has 0 radical (unpaired) electrons. The zero-order valence-electron chi connectivity index (χ0n) is 8.08. The summed E-state index contributed by atoms with van der Waals surface area (Å²) in [5.74, 6) is 0.638.